The highest BCUT2D eigenvalue weighted by molar-refractivity contribution is 7.90. The summed E-state index contributed by atoms with van der Waals surface area (Å²) in [4.78, 5) is 0.291. The summed E-state index contributed by atoms with van der Waals surface area (Å²) in [5.41, 5.74) is 2.04. The lowest BCUT2D eigenvalue weighted by molar-refractivity contribution is 0.0730. The molecule has 0 spiro atoms. The second-order valence-corrected chi connectivity index (χ2v) is 11.9. The highest BCUT2D eigenvalue weighted by atomic mass is 32.2. The maximum absolute atomic E-state index is 13.0. The minimum Gasteiger partial charge on any atom is -0.381 e. The second kappa shape index (κ2) is 8.86. The zero-order valence-corrected chi connectivity index (χ0v) is 19.4. The normalized spacial score (nSPS) is 34.3. The smallest absolute Gasteiger partial charge is 0.281 e. The van der Waals surface area contributed by atoms with Gasteiger partial charge in [-0.3, -0.25) is 0 Å². The van der Waals surface area contributed by atoms with Crippen molar-refractivity contribution >= 4 is 21.9 Å². The minimum absolute atomic E-state index is 0.00198. The fraction of sp³-hybridized carbons (Fsp3) is 0.720. The number of ether oxygens (including phenoxy) is 1. The number of hydrogen-bond acceptors (Lipinski definition) is 4. The van der Waals surface area contributed by atoms with Gasteiger partial charge in [0.25, 0.3) is 10.0 Å². The molecule has 0 amide bonds. The lowest BCUT2D eigenvalue weighted by atomic mass is 9.73. The third-order valence-electron chi connectivity index (χ3n) is 8.18. The van der Waals surface area contributed by atoms with Gasteiger partial charge in [-0.2, -0.15) is 12.8 Å². The topological polar surface area (TPSA) is 67.8 Å². The van der Waals surface area contributed by atoms with Crippen molar-refractivity contribution in [2.75, 3.05) is 11.9 Å². The van der Waals surface area contributed by atoms with Crippen LogP contribution >= 0.6 is 0 Å². The van der Waals surface area contributed by atoms with Crippen LogP contribution in [0.1, 0.15) is 82.8 Å². The summed E-state index contributed by atoms with van der Waals surface area (Å²) >= 11 is 0. The molecule has 31 heavy (non-hydrogen) atoms. The Balaban J connectivity index is 1.37. The number of anilines is 1. The Bertz CT molecular complexity index is 915. The van der Waals surface area contributed by atoms with Crippen molar-refractivity contribution in [2.45, 2.75) is 88.2 Å². The van der Waals surface area contributed by atoms with E-state index < -0.39 is 10.0 Å². The number of nitrogens with zero attached hydrogens (tertiary/aromatic N) is 1. The highest BCUT2D eigenvalue weighted by Gasteiger charge is 2.44. The molecule has 1 aromatic rings. The summed E-state index contributed by atoms with van der Waals surface area (Å²) in [6.07, 6.45) is 13.7. The zero-order valence-electron chi connectivity index (χ0n) is 18.6. The lowest BCUT2D eigenvalue weighted by Crippen LogP contribution is -2.42. The number of sulfonamides is 1. The van der Waals surface area contributed by atoms with Crippen molar-refractivity contribution in [3.63, 3.8) is 0 Å². The van der Waals surface area contributed by atoms with Crippen LogP contribution in [0.3, 0.4) is 0 Å². The highest BCUT2D eigenvalue weighted by Crippen LogP contribution is 2.48. The fourth-order valence-corrected chi connectivity index (χ4v) is 7.24. The van der Waals surface area contributed by atoms with E-state index in [-0.39, 0.29) is 12.0 Å². The molecule has 6 heteroatoms. The summed E-state index contributed by atoms with van der Waals surface area (Å²) in [7, 11) is -3.68. The Morgan fingerprint density at radius 2 is 1.81 bits per heavy atom. The average molecular weight is 445 g/mol. The quantitative estimate of drug-likeness (QED) is 0.603. The van der Waals surface area contributed by atoms with E-state index in [0.29, 0.717) is 22.8 Å². The predicted octanol–water partition coefficient (Wildman–Crippen LogP) is 5.72. The van der Waals surface area contributed by atoms with Crippen LogP contribution in [-0.4, -0.2) is 27.3 Å². The molecule has 2 saturated carbocycles. The van der Waals surface area contributed by atoms with Crippen LogP contribution in [0.2, 0.25) is 0 Å². The van der Waals surface area contributed by atoms with Crippen molar-refractivity contribution in [3.8, 4) is 0 Å². The van der Waals surface area contributed by atoms with Gasteiger partial charge in [0.15, 0.2) is 0 Å². The predicted molar refractivity (Wildman–Crippen MR) is 124 cm³/mol. The first kappa shape index (κ1) is 21.4. The van der Waals surface area contributed by atoms with Crippen LogP contribution < -0.4 is 5.32 Å². The number of fused-ring (bicyclic) bond motifs is 3. The minimum atomic E-state index is -3.68. The van der Waals surface area contributed by atoms with Crippen molar-refractivity contribution in [3.05, 3.63) is 23.8 Å². The van der Waals surface area contributed by atoms with Crippen molar-refractivity contribution in [1.29, 1.82) is 0 Å². The van der Waals surface area contributed by atoms with E-state index in [1.165, 1.54) is 32.1 Å². The number of rotatable bonds is 4. The average Bonchev–Trinajstić information content (AvgIpc) is 3.29. The van der Waals surface area contributed by atoms with E-state index in [4.69, 9.17) is 4.74 Å². The number of hydrogen-bond donors (Lipinski definition) is 1. The van der Waals surface area contributed by atoms with Gasteiger partial charge in [-0.05, 0) is 68.1 Å². The molecule has 5 nitrogen and oxygen atoms in total. The molecule has 0 aromatic heterocycles. The first-order valence-electron chi connectivity index (χ1n) is 12.3. The summed E-state index contributed by atoms with van der Waals surface area (Å²) in [5.74, 6) is 2.15. The van der Waals surface area contributed by atoms with E-state index in [2.05, 4.69) is 16.6 Å². The molecule has 0 bridgehead atoms. The van der Waals surface area contributed by atoms with Gasteiger partial charge in [0.05, 0.1) is 11.0 Å². The van der Waals surface area contributed by atoms with Crippen LogP contribution in [0.4, 0.5) is 5.69 Å². The van der Waals surface area contributed by atoms with Crippen LogP contribution in [0.5, 0.6) is 0 Å². The van der Waals surface area contributed by atoms with Crippen LogP contribution in [-0.2, 0) is 14.8 Å². The molecule has 1 aromatic carbocycles. The van der Waals surface area contributed by atoms with Crippen LogP contribution in [0.25, 0.3) is 0 Å². The Hall–Kier alpha value is -1.40. The molecule has 5 rings (SSSR count). The molecule has 4 aliphatic rings. The zero-order chi connectivity index (χ0) is 21.4. The van der Waals surface area contributed by atoms with Gasteiger partial charge in [0, 0.05) is 36.0 Å². The molecule has 2 heterocycles. The van der Waals surface area contributed by atoms with Crippen molar-refractivity contribution < 1.29 is 13.2 Å². The number of benzene rings is 1. The molecular weight excluding hydrogens is 408 g/mol. The second-order valence-electron chi connectivity index (χ2n) is 10.3. The van der Waals surface area contributed by atoms with Gasteiger partial charge in [-0.25, -0.2) is 0 Å². The maximum Gasteiger partial charge on any atom is 0.281 e. The van der Waals surface area contributed by atoms with E-state index in [0.717, 1.165) is 55.9 Å². The van der Waals surface area contributed by atoms with Crippen LogP contribution in [0.15, 0.2) is 27.5 Å². The summed E-state index contributed by atoms with van der Waals surface area (Å²) < 4.78 is 36.2. The van der Waals surface area contributed by atoms with Crippen molar-refractivity contribution in [2.24, 2.45) is 28.1 Å². The number of nitrogens with one attached hydrogen (secondary N) is 1. The lowest BCUT2D eigenvalue weighted by Gasteiger charge is -2.42. The van der Waals surface area contributed by atoms with Crippen LogP contribution in [0, 0.1) is 23.7 Å². The van der Waals surface area contributed by atoms with Gasteiger partial charge < -0.3 is 10.1 Å². The first-order chi connectivity index (χ1) is 15.0. The summed E-state index contributed by atoms with van der Waals surface area (Å²) in [6, 6.07) is 5.91. The van der Waals surface area contributed by atoms with Gasteiger partial charge in [0.2, 0.25) is 0 Å². The Morgan fingerprint density at radius 3 is 2.58 bits per heavy atom. The molecular formula is C25H36N2O3S. The van der Waals surface area contributed by atoms with E-state index in [1.54, 1.807) is 12.3 Å². The largest absolute Gasteiger partial charge is 0.381 e. The molecule has 2 aliphatic carbocycles. The Kier molecular flexibility index (Phi) is 6.13. The maximum atomic E-state index is 13.0. The standard InChI is InChI=1S/C25H36N2O3S/c1-17-7-9-18(10-8-17)16-26-31(28,29)20-11-12-23-22(15-20)25-21(13-14-30-25)24(27-23)19-5-3-2-4-6-19/h11-12,15-19,21,24-25,27H,2-10,13-14H2,1H3/b26-16-/t17?,18?,21-,24?,25-/m0/s1. The van der Waals surface area contributed by atoms with Crippen molar-refractivity contribution in [1.82, 2.24) is 0 Å². The Labute approximate surface area is 187 Å². The first-order valence-corrected chi connectivity index (χ1v) is 13.8. The van der Waals surface area contributed by atoms with Gasteiger partial charge in [-0.1, -0.05) is 39.0 Å². The third kappa shape index (κ3) is 4.43. The molecule has 1 N–H and O–H groups in total. The molecule has 0 radical (unpaired) electrons. The van der Waals surface area contributed by atoms with E-state index in [1.807, 2.05) is 12.1 Å². The molecule has 3 atom stereocenters. The molecule has 1 unspecified atom stereocenters. The molecule has 1 saturated heterocycles. The van der Waals surface area contributed by atoms with Gasteiger partial charge in [-0.15, -0.1) is 0 Å². The molecule has 170 valence electrons. The fourth-order valence-electron chi connectivity index (χ4n) is 6.27. The molecule has 3 fully saturated rings. The van der Waals surface area contributed by atoms with E-state index >= 15 is 0 Å². The summed E-state index contributed by atoms with van der Waals surface area (Å²) in [6.45, 7) is 3.03. The SMILES string of the molecule is CC1CCC(/C=N\S(=O)(=O)c2ccc3c(c2)[C@H]2OCC[C@H]2C(C2CCCCC2)N3)CC1. The van der Waals surface area contributed by atoms with Gasteiger partial charge in [0.1, 0.15) is 0 Å². The monoisotopic (exact) mass is 444 g/mol. The summed E-state index contributed by atoms with van der Waals surface area (Å²) in [5, 5.41) is 3.79. The van der Waals surface area contributed by atoms with Gasteiger partial charge >= 0.3 is 0 Å². The Morgan fingerprint density at radius 1 is 1.03 bits per heavy atom. The van der Waals surface area contributed by atoms with E-state index in [9.17, 15) is 8.42 Å². The molecule has 2 aliphatic heterocycles. The third-order valence-corrected chi connectivity index (χ3v) is 9.43.